The Morgan fingerprint density at radius 2 is 2.00 bits per heavy atom. The van der Waals surface area contributed by atoms with Gasteiger partial charge in [-0.15, -0.1) is 11.8 Å². The van der Waals surface area contributed by atoms with Gasteiger partial charge in [-0.05, 0) is 42.5 Å². The van der Waals surface area contributed by atoms with Gasteiger partial charge in [0.15, 0.2) is 11.5 Å². The summed E-state index contributed by atoms with van der Waals surface area (Å²) in [7, 11) is 3.37. The summed E-state index contributed by atoms with van der Waals surface area (Å²) in [6.07, 6.45) is 6.21. The number of hydrogen-bond donors (Lipinski definition) is 1. The van der Waals surface area contributed by atoms with Crippen molar-refractivity contribution in [2.45, 2.75) is 36.0 Å². The van der Waals surface area contributed by atoms with Crippen LogP contribution in [0.15, 0.2) is 17.0 Å². The Morgan fingerprint density at radius 3 is 2.62 bits per heavy atom. The van der Waals surface area contributed by atoms with Crippen LogP contribution >= 0.6 is 23.5 Å². The molecule has 1 aromatic carbocycles. The molecule has 1 heterocycles. The van der Waals surface area contributed by atoms with Crippen LogP contribution in [-0.4, -0.2) is 38.0 Å². The quantitative estimate of drug-likeness (QED) is 0.770. The van der Waals surface area contributed by atoms with Gasteiger partial charge in [0, 0.05) is 23.2 Å². The van der Waals surface area contributed by atoms with E-state index in [1.54, 1.807) is 26.0 Å². The fourth-order valence-corrected chi connectivity index (χ4v) is 4.46. The lowest BCUT2D eigenvalue weighted by atomic mass is 10.1. The molecule has 1 unspecified atom stereocenters. The van der Waals surface area contributed by atoms with Gasteiger partial charge >= 0.3 is 0 Å². The molecule has 1 aromatic rings. The van der Waals surface area contributed by atoms with Crippen LogP contribution in [0.5, 0.6) is 11.5 Å². The summed E-state index contributed by atoms with van der Waals surface area (Å²) in [6, 6.07) is 4.15. The second kappa shape index (κ2) is 8.81. The Balaban J connectivity index is 1.97. The first-order valence-electron chi connectivity index (χ1n) is 7.39. The molecule has 21 heavy (non-hydrogen) atoms. The molecule has 1 aliphatic rings. The third-order valence-electron chi connectivity index (χ3n) is 3.75. The van der Waals surface area contributed by atoms with Crippen molar-refractivity contribution in [1.29, 1.82) is 0 Å². The first-order chi connectivity index (χ1) is 10.3. The molecule has 1 fully saturated rings. The summed E-state index contributed by atoms with van der Waals surface area (Å²) in [5.74, 6) is 2.92. The lowest BCUT2D eigenvalue weighted by Crippen LogP contribution is -2.26. The molecule has 3 nitrogen and oxygen atoms in total. The topological polar surface area (TPSA) is 30.5 Å². The zero-order valence-corrected chi connectivity index (χ0v) is 14.7. The van der Waals surface area contributed by atoms with Crippen LogP contribution < -0.4 is 14.8 Å². The van der Waals surface area contributed by atoms with Crippen LogP contribution in [0.1, 0.15) is 24.8 Å². The first-order valence-corrected chi connectivity index (χ1v) is 9.67. The fraction of sp³-hybridized carbons (Fsp3) is 0.625. The molecule has 0 amide bonds. The second-order valence-corrected chi connectivity index (χ2v) is 7.39. The number of methoxy groups -OCH3 is 2. The highest BCUT2D eigenvalue weighted by atomic mass is 32.2. The Hall–Kier alpha value is -0.520. The summed E-state index contributed by atoms with van der Waals surface area (Å²) in [4.78, 5) is 1.25. The van der Waals surface area contributed by atoms with Gasteiger partial charge in [0.05, 0.1) is 14.2 Å². The molecule has 0 saturated carbocycles. The van der Waals surface area contributed by atoms with Crippen LogP contribution in [0, 0.1) is 0 Å². The lowest BCUT2D eigenvalue weighted by Gasteiger charge is -2.22. The predicted octanol–water partition coefficient (Wildman–Crippen LogP) is 3.80. The smallest absolute Gasteiger partial charge is 0.161 e. The summed E-state index contributed by atoms with van der Waals surface area (Å²) >= 11 is 3.86. The van der Waals surface area contributed by atoms with Gasteiger partial charge in [-0.25, -0.2) is 0 Å². The van der Waals surface area contributed by atoms with E-state index < -0.39 is 0 Å². The van der Waals surface area contributed by atoms with Gasteiger partial charge < -0.3 is 14.8 Å². The Kier molecular flexibility index (Phi) is 7.07. The molecule has 0 aromatic heterocycles. The van der Waals surface area contributed by atoms with E-state index in [4.69, 9.17) is 9.47 Å². The maximum Gasteiger partial charge on any atom is 0.161 e. The number of hydrogen-bond acceptors (Lipinski definition) is 5. The zero-order chi connectivity index (χ0) is 15.1. The van der Waals surface area contributed by atoms with Crippen molar-refractivity contribution in [2.75, 3.05) is 32.8 Å². The van der Waals surface area contributed by atoms with Gasteiger partial charge in [0.25, 0.3) is 0 Å². The molecule has 1 saturated heterocycles. The summed E-state index contributed by atoms with van der Waals surface area (Å²) < 4.78 is 10.8. The van der Waals surface area contributed by atoms with Crippen LogP contribution in [0.2, 0.25) is 0 Å². The highest BCUT2D eigenvalue weighted by molar-refractivity contribution is 8.00. The standard InChI is InChI=1S/C16H25NO2S2/c1-18-14-8-12(16(20-3)9-15(14)19-2)10-17-11-13-6-4-5-7-21-13/h8-9,13,17H,4-7,10-11H2,1-3H3. The van der Waals surface area contributed by atoms with Gasteiger partial charge in [0.2, 0.25) is 0 Å². The molecular formula is C16H25NO2S2. The average Bonchev–Trinajstić information content (AvgIpc) is 2.55. The number of ether oxygens (including phenoxy) is 2. The molecule has 1 atom stereocenters. The van der Waals surface area contributed by atoms with Crippen molar-refractivity contribution < 1.29 is 9.47 Å². The molecule has 1 aliphatic heterocycles. The molecule has 0 aliphatic carbocycles. The summed E-state index contributed by atoms with van der Waals surface area (Å²) in [5.41, 5.74) is 1.28. The minimum Gasteiger partial charge on any atom is -0.493 e. The molecular weight excluding hydrogens is 302 g/mol. The van der Waals surface area contributed by atoms with Crippen LogP contribution in [0.3, 0.4) is 0 Å². The molecule has 118 valence electrons. The molecule has 1 N–H and O–H groups in total. The third kappa shape index (κ3) is 4.73. The maximum absolute atomic E-state index is 5.41. The van der Waals surface area contributed by atoms with E-state index >= 15 is 0 Å². The van der Waals surface area contributed by atoms with E-state index in [9.17, 15) is 0 Å². The van der Waals surface area contributed by atoms with Gasteiger partial charge in [-0.1, -0.05) is 6.42 Å². The second-order valence-electron chi connectivity index (χ2n) is 5.14. The first kappa shape index (κ1) is 16.8. The largest absolute Gasteiger partial charge is 0.493 e. The van der Waals surface area contributed by atoms with Crippen molar-refractivity contribution in [1.82, 2.24) is 5.32 Å². The third-order valence-corrected chi connectivity index (χ3v) is 5.97. The SMILES string of the molecule is COc1cc(CNCC2CCCCS2)c(SC)cc1OC. The molecule has 0 bridgehead atoms. The van der Waals surface area contributed by atoms with Crippen molar-refractivity contribution in [3.63, 3.8) is 0 Å². The molecule has 5 heteroatoms. The van der Waals surface area contributed by atoms with Crippen molar-refractivity contribution in [3.05, 3.63) is 17.7 Å². The predicted molar refractivity (Wildman–Crippen MR) is 93.1 cm³/mol. The Labute approximate surface area is 136 Å². The van der Waals surface area contributed by atoms with E-state index in [0.717, 1.165) is 29.8 Å². The van der Waals surface area contributed by atoms with Crippen LogP contribution in [-0.2, 0) is 6.54 Å². The molecule has 0 radical (unpaired) electrons. The number of nitrogens with one attached hydrogen (secondary N) is 1. The van der Waals surface area contributed by atoms with Crippen LogP contribution in [0.4, 0.5) is 0 Å². The number of rotatable bonds is 7. The highest BCUT2D eigenvalue weighted by Crippen LogP contribution is 2.34. The van der Waals surface area contributed by atoms with E-state index in [-0.39, 0.29) is 0 Å². The highest BCUT2D eigenvalue weighted by Gasteiger charge is 2.14. The van der Waals surface area contributed by atoms with E-state index in [0.29, 0.717) is 0 Å². The van der Waals surface area contributed by atoms with Crippen molar-refractivity contribution in [2.24, 2.45) is 0 Å². The average molecular weight is 328 g/mol. The molecule has 2 rings (SSSR count). The number of thioether (sulfide) groups is 2. The Morgan fingerprint density at radius 1 is 1.24 bits per heavy atom. The van der Waals surface area contributed by atoms with Gasteiger partial charge in [0.1, 0.15) is 0 Å². The van der Waals surface area contributed by atoms with Crippen molar-refractivity contribution >= 4 is 23.5 Å². The minimum atomic E-state index is 0.775. The number of benzene rings is 1. The summed E-state index contributed by atoms with van der Waals surface area (Å²) in [6.45, 7) is 1.97. The normalized spacial score (nSPS) is 18.5. The van der Waals surface area contributed by atoms with Gasteiger partial charge in [-0.2, -0.15) is 11.8 Å². The van der Waals surface area contributed by atoms with E-state index in [2.05, 4.69) is 35.5 Å². The summed E-state index contributed by atoms with van der Waals surface area (Å²) in [5, 5.41) is 4.38. The van der Waals surface area contributed by atoms with Crippen LogP contribution in [0.25, 0.3) is 0 Å². The minimum absolute atomic E-state index is 0.775. The fourth-order valence-electron chi connectivity index (χ4n) is 2.57. The van der Waals surface area contributed by atoms with E-state index in [1.807, 2.05) is 0 Å². The molecule has 0 spiro atoms. The Bertz CT molecular complexity index is 448. The van der Waals surface area contributed by atoms with E-state index in [1.165, 1.54) is 35.5 Å². The zero-order valence-electron chi connectivity index (χ0n) is 13.1. The van der Waals surface area contributed by atoms with Gasteiger partial charge in [-0.3, -0.25) is 0 Å². The van der Waals surface area contributed by atoms with Crippen molar-refractivity contribution in [3.8, 4) is 11.5 Å². The lowest BCUT2D eigenvalue weighted by molar-refractivity contribution is 0.353. The maximum atomic E-state index is 5.41. The monoisotopic (exact) mass is 327 g/mol.